The highest BCUT2D eigenvalue weighted by Crippen LogP contribution is 2.23. The third kappa shape index (κ3) is 4.43. The third-order valence-electron chi connectivity index (χ3n) is 3.24. The van der Waals surface area contributed by atoms with Gasteiger partial charge >= 0.3 is 0 Å². The maximum absolute atomic E-state index is 12.3. The predicted molar refractivity (Wildman–Crippen MR) is 82.0 cm³/mol. The number of hydrogen-bond donors (Lipinski definition) is 2. The molecule has 0 radical (unpaired) electrons. The molecule has 106 valence electrons. The molecule has 0 bridgehead atoms. The number of carbonyl (C=O) groups is 1. The minimum atomic E-state index is -0.0964. The van der Waals surface area contributed by atoms with E-state index in [1.807, 2.05) is 19.9 Å². The molecule has 0 aliphatic heterocycles. The second-order valence-electron chi connectivity index (χ2n) is 5.78. The van der Waals surface area contributed by atoms with Gasteiger partial charge in [-0.05, 0) is 37.5 Å². The minimum Gasteiger partial charge on any atom is -0.385 e. The van der Waals surface area contributed by atoms with Gasteiger partial charge in [0.25, 0.3) is 5.91 Å². The van der Waals surface area contributed by atoms with E-state index in [1.165, 1.54) is 0 Å². The molecule has 4 heteroatoms. The quantitative estimate of drug-likeness (QED) is 0.878. The normalized spacial score (nSPS) is 12.9. The maximum Gasteiger partial charge on any atom is 0.253 e. The van der Waals surface area contributed by atoms with E-state index in [2.05, 4.69) is 31.4 Å². The third-order valence-corrected chi connectivity index (χ3v) is 3.48. The molecule has 1 aromatic rings. The van der Waals surface area contributed by atoms with Crippen LogP contribution >= 0.6 is 11.6 Å². The molecule has 0 aliphatic carbocycles. The van der Waals surface area contributed by atoms with Crippen molar-refractivity contribution in [3.8, 4) is 0 Å². The number of nitrogens with one attached hydrogen (secondary N) is 2. The molecule has 0 aliphatic rings. The Balaban J connectivity index is 2.95. The summed E-state index contributed by atoms with van der Waals surface area (Å²) >= 11 is 5.98. The van der Waals surface area contributed by atoms with Crippen LogP contribution < -0.4 is 10.6 Å². The van der Waals surface area contributed by atoms with Crippen LogP contribution in [0.5, 0.6) is 0 Å². The summed E-state index contributed by atoms with van der Waals surface area (Å²) in [6.07, 6.45) is 0. The molecule has 0 spiro atoms. The monoisotopic (exact) mass is 282 g/mol. The van der Waals surface area contributed by atoms with E-state index in [-0.39, 0.29) is 17.4 Å². The van der Waals surface area contributed by atoms with Gasteiger partial charge < -0.3 is 10.6 Å². The van der Waals surface area contributed by atoms with Crippen LogP contribution in [0.1, 0.15) is 45.0 Å². The van der Waals surface area contributed by atoms with Crippen molar-refractivity contribution in [2.45, 2.75) is 40.7 Å². The van der Waals surface area contributed by atoms with Crippen molar-refractivity contribution in [3.05, 3.63) is 28.8 Å². The standard InChI is InChI=1S/C15H23ClN2O/c1-6-17-13-8-7-11(16)9-12(13)14(19)18-10(2)15(3,4)5/h7-10,17H,6H2,1-5H3,(H,18,19). The van der Waals surface area contributed by atoms with Crippen LogP contribution in [0.15, 0.2) is 18.2 Å². The van der Waals surface area contributed by atoms with Crippen molar-refractivity contribution >= 4 is 23.2 Å². The molecule has 1 unspecified atom stereocenters. The smallest absolute Gasteiger partial charge is 0.253 e. The predicted octanol–water partition coefficient (Wildman–Crippen LogP) is 3.94. The van der Waals surface area contributed by atoms with Crippen LogP contribution in [0.2, 0.25) is 5.02 Å². The molecule has 1 amide bonds. The Labute approximate surface area is 120 Å². The minimum absolute atomic E-state index is 0.0204. The first-order valence-electron chi connectivity index (χ1n) is 6.60. The lowest BCUT2D eigenvalue weighted by atomic mass is 9.88. The molecular weight excluding hydrogens is 260 g/mol. The van der Waals surface area contributed by atoms with Gasteiger partial charge in [-0.15, -0.1) is 0 Å². The highest BCUT2D eigenvalue weighted by atomic mass is 35.5. The van der Waals surface area contributed by atoms with Crippen molar-refractivity contribution in [2.24, 2.45) is 5.41 Å². The molecule has 1 rings (SSSR count). The molecule has 19 heavy (non-hydrogen) atoms. The molecule has 0 heterocycles. The average Bonchev–Trinajstić information content (AvgIpc) is 2.30. The molecule has 1 atom stereocenters. The SMILES string of the molecule is CCNc1ccc(Cl)cc1C(=O)NC(C)C(C)(C)C. The first-order chi connectivity index (χ1) is 8.75. The number of benzene rings is 1. The summed E-state index contributed by atoms with van der Waals surface area (Å²) in [6.45, 7) is 11.1. The summed E-state index contributed by atoms with van der Waals surface area (Å²) < 4.78 is 0. The Hall–Kier alpha value is -1.22. The van der Waals surface area contributed by atoms with Gasteiger partial charge in [0.15, 0.2) is 0 Å². The van der Waals surface area contributed by atoms with Crippen LogP contribution in [0, 0.1) is 5.41 Å². The lowest BCUT2D eigenvalue weighted by Crippen LogP contribution is -2.41. The number of rotatable bonds is 4. The van der Waals surface area contributed by atoms with E-state index >= 15 is 0 Å². The number of halogens is 1. The van der Waals surface area contributed by atoms with Gasteiger partial charge in [-0.1, -0.05) is 32.4 Å². The van der Waals surface area contributed by atoms with E-state index in [1.54, 1.807) is 12.1 Å². The van der Waals surface area contributed by atoms with Gasteiger partial charge in [0.05, 0.1) is 5.56 Å². The Morgan fingerprint density at radius 2 is 2.00 bits per heavy atom. The lowest BCUT2D eigenvalue weighted by Gasteiger charge is -2.28. The zero-order valence-corrected chi connectivity index (χ0v) is 13.1. The summed E-state index contributed by atoms with van der Waals surface area (Å²) in [7, 11) is 0. The molecule has 0 aromatic heterocycles. The van der Waals surface area contributed by atoms with Crippen LogP contribution in [-0.4, -0.2) is 18.5 Å². The fourth-order valence-corrected chi connectivity index (χ4v) is 1.71. The van der Waals surface area contributed by atoms with E-state index in [4.69, 9.17) is 11.6 Å². The van der Waals surface area contributed by atoms with Crippen LogP contribution in [0.3, 0.4) is 0 Å². The summed E-state index contributed by atoms with van der Waals surface area (Å²) in [5.74, 6) is -0.0964. The van der Waals surface area contributed by atoms with Gasteiger partial charge in [0, 0.05) is 23.3 Å². The highest BCUT2D eigenvalue weighted by Gasteiger charge is 2.23. The Kier molecular flexibility index (Phi) is 5.24. The van der Waals surface area contributed by atoms with Gasteiger partial charge in [-0.2, -0.15) is 0 Å². The molecule has 3 nitrogen and oxygen atoms in total. The first-order valence-corrected chi connectivity index (χ1v) is 6.97. The Morgan fingerprint density at radius 1 is 1.37 bits per heavy atom. The highest BCUT2D eigenvalue weighted by molar-refractivity contribution is 6.31. The molecule has 0 saturated heterocycles. The number of amides is 1. The van der Waals surface area contributed by atoms with Gasteiger partial charge in [0.1, 0.15) is 0 Å². The van der Waals surface area contributed by atoms with Crippen molar-refractivity contribution in [1.29, 1.82) is 0 Å². The Bertz CT molecular complexity index is 452. The maximum atomic E-state index is 12.3. The summed E-state index contributed by atoms with van der Waals surface area (Å²) in [6, 6.07) is 5.39. The Morgan fingerprint density at radius 3 is 2.53 bits per heavy atom. The van der Waals surface area contributed by atoms with E-state index in [9.17, 15) is 4.79 Å². The largest absolute Gasteiger partial charge is 0.385 e. The van der Waals surface area contributed by atoms with Crippen molar-refractivity contribution in [1.82, 2.24) is 5.32 Å². The molecule has 2 N–H and O–H groups in total. The van der Waals surface area contributed by atoms with Gasteiger partial charge in [-0.3, -0.25) is 4.79 Å². The van der Waals surface area contributed by atoms with Crippen LogP contribution in [0.4, 0.5) is 5.69 Å². The molecule has 1 aromatic carbocycles. The van der Waals surface area contributed by atoms with Gasteiger partial charge in [0.2, 0.25) is 0 Å². The fraction of sp³-hybridized carbons (Fsp3) is 0.533. The van der Waals surface area contributed by atoms with E-state index in [0.717, 1.165) is 12.2 Å². The zero-order valence-electron chi connectivity index (χ0n) is 12.3. The van der Waals surface area contributed by atoms with Crippen LogP contribution in [-0.2, 0) is 0 Å². The number of anilines is 1. The van der Waals surface area contributed by atoms with Crippen LogP contribution in [0.25, 0.3) is 0 Å². The first kappa shape index (κ1) is 15.8. The van der Waals surface area contributed by atoms with Crippen molar-refractivity contribution in [2.75, 3.05) is 11.9 Å². The van der Waals surface area contributed by atoms with Crippen molar-refractivity contribution in [3.63, 3.8) is 0 Å². The zero-order chi connectivity index (χ0) is 14.6. The van der Waals surface area contributed by atoms with Crippen molar-refractivity contribution < 1.29 is 4.79 Å². The van der Waals surface area contributed by atoms with Gasteiger partial charge in [-0.25, -0.2) is 0 Å². The summed E-state index contributed by atoms with van der Waals surface area (Å²) in [5.41, 5.74) is 1.42. The second-order valence-corrected chi connectivity index (χ2v) is 6.22. The fourth-order valence-electron chi connectivity index (χ4n) is 1.54. The number of hydrogen-bond acceptors (Lipinski definition) is 2. The lowest BCUT2D eigenvalue weighted by molar-refractivity contribution is 0.0911. The number of carbonyl (C=O) groups excluding carboxylic acids is 1. The molecule has 0 saturated carbocycles. The molecule has 0 fully saturated rings. The topological polar surface area (TPSA) is 41.1 Å². The second kappa shape index (κ2) is 6.29. The average molecular weight is 283 g/mol. The van der Waals surface area contributed by atoms with E-state index < -0.39 is 0 Å². The van der Waals surface area contributed by atoms with E-state index in [0.29, 0.717) is 10.6 Å². The summed E-state index contributed by atoms with van der Waals surface area (Å²) in [4.78, 5) is 12.3. The molecular formula is C15H23ClN2O. The summed E-state index contributed by atoms with van der Waals surface area (Å²) in [5, 5.41) is 6.77.